The fourth-order valence-corrected chi connectivity index (χ4v) is 4.63. The topological polar surface area (TPSA) is 74.2 Å². The van der Waals surface area contributed by atoms with Crippen LogP contribution in [0.15, 0.2) is 103 Å². The summed E-state index contributed by atoms with van der Waals surface area (Å²) in [4.78, 5) is 7.58. The van der Waals surface area contributed by atoms with E-state index in [4.69, 9.17) is 19.3 Å². The van der Waals surface area contributed by atoms with Crippen molar-refractivity contribution in [2.75, 3.05) is 14.2 Å². The lowest BCUT2D eigenvalue weighted by Gasteiger charge is -2.10. The number of benzene rings is 3. The molecule has 0 bridgehead atoms. The van der Waals surface area contributed by atoms with Gasteiger partial charge in [-0.05, 0) is 95.9 Å². The zero-order valence-corrected chi connectivity index (χ0v) is 23.4. The van der Waals surface area contributed by atoms with Crippen molar-refractivity contribution in [2.24, 2.45) is 0 Å². The van der Waals surface area contributed by atoms with Crippen LogP contribution >= 0.6 is 0 Å². The molecule has 6 aromatic rings. The number of methoxy groups -OCH3 is 2. The van der Waals surface area contributed by atoms with Crippen molar-refractivity contribution in [1.82, 2.24) is 19.7 Å². The molecule has 6 rings (SSSR count). The summed E-state index contributed by atoms with van der Waals surface area (Å²) in [6.45, 7) is 0.384. The molecule has 0 saturated carbocycles. The Balaban J connectivity index is 1.28. The van der Waals surface area contributed by atoms with Gasteiger partial charge in [0.05, 0.1) is 37.0 Å². The fourth-order valence-electron chi connectivity index (χ4n) is 4.63. The van der Waals surface area contributed by atoms with Crippen LogP contribution in [-0.4, -0.2) is 34.0 Å². The second-order valence-corrected chi connectivity index (χ2v) is 9.61. The maximum atomic E-state index is 5.93. The van der Waals surface area contributed by atoms with Gasteiger partial charge in [0.1, 0.15) is 23.9 Å². The zero-order chi connectivity index (χ0) is 28.7. The number of aromatic amines is 1. The van der Waals surface area contributed by atoms with E-state index in [0.29, 0.717) is 18.1 Å². The zero-order valence-electron chi connectivity index (χ0n) is 23.4. The highest BCUT2D eigenvalue weighted by Crippen LogP contribution is 2.28. The molecule has 3 aromatic carbocycles. The Morgan fingerprint density at radius 3 is 2.48 bits per heavy atom. The van der Waals surface area contributed by atoms with E-state index in [1.54, 1.807) is 20.4 Å². The highest BCUT2D eigenvalue weighted by molar-refractivity contribution is 5.83. The second-order valence-electron chi connectivity index (χ2n) is 9.61. The Kier molecular flexibility index (Phi) is 7.81. The van der Waals surface area contributed by atoms with Crippen LogP contribution in [0, 0.1) is 0 Å². The molecule has 0 amide bonds. The molecule has 7 heteroatoms. The lowest BCUT2D eigenvalue weighted by Crippen LogP contribution is -1.99. The van der Waals surface area contributed by atoms with E-state index in [2.05, 4.69) is 46.4 Å². The molecule has 0 fully saturated rings. The maximum Gasteiger partial charge on any atom is 0.130 e. The van der Waals surface area contributed by atoms with E-state index in [9.17, 15) is 0 Å². The molecule has 0 spiro atoms. The van der Waals surface area contributed by atoms with Crippen LogP contribution in [-0.2, 0) is 6.61 Å². The Morgan fingerprint density at radius 2 is 1.67 bits per heavy atom. The summed E-state index contributed by atoms with van der Waals surface area (Å²) in [6, 6.07) is 29.9. The molecule has 0 atom stereocenters. The van der Waals surface area contributed by atoms with E-state index in [0.717, 1.165) is 45.2 Å². The minimum absolute atomic E-state index is 0.384. The van der Waals surface area contributed by atoms with E-state index < -0.39 is 0 Å². The minimum Gasteiger partial charge on any atom is -0.497 e. The number of aromatic nitrogens is 4. The van der Waals surface area contributed by atoms with Crippen molar-refractivity contribution in [1.29, 1.82) is 0 Å². The Labute approximate surface area is 244 Å². The first-order chi connectivity index (χ1) is 20.7. The molecular formula is C35H30N4O3. The predicted molar refractivity (Wildman–Crippen MR) is 168 cm³/mol. The van der Waals surface area contributed by atoms with Crippen molar-refractivity contribution >= 4 is 35.2 Å². The monoisotopic (exact) mass is 554 g/mol. The SMILES string of the molecule is COc1ccc(-n2nc(C=Cc3ccc4cc[nH]c4c3)cc2C=Cc2ccc(OCc3ccccn3)cc2OC)cc1. The van der Waals surface area contributed by atoms with Gasteiger partial charge in [-0.3, -0.25) is 4.98 Å². The molecule has 0 unspecified atom stereocenters. The van der Waals surface area contributed by atoms with Crippen LogP contribution in [0.25, 0.3) is 40.9 Å². The number of hydrogen-bond acceptors (Lipinski definition) is 5. The number of rotatable bonds is 10. The summed E-state index contributed by atoms with van der Waals surface area (Å²) in [5.74, 6) is 2.21. The molecule has 0 aliphatic carbocycles. The summed E-state index contributed by atoms with van der Waals surface area (Å²) in [7, 11) is 3.32. The van der Waals surface area contributed by atoms with Crippen LogP contribution in [0.3, 0.4) is 0 Å². The third-order valence-corrected chi connectivity index (χ3v) is 6.85. The quantitative estimate of drug-likeness (QED) is 0.188. The van der Waals surface area contributed by atoms with Gasteiger partial charge in [0.25, 0.3) is 0 Å². The second kappa shape index (κ2) is 12.3. The van der Waals surface area contributed by atoms with Crippen LogP contribution < -0.4 is 14.2 Å². The van der Waals surface area contributed by atoms with Crippen LogP contribution in [0.2, 0.25) is 0 Å². The summed E-state index contributed by atoms with van der Waals surface area (Å²) in [6.07, 6.45) is 11.9. The molecule has 7 nitrogen and oxygen atoms in total. The molecule has 3 aromatic heterocycles. The van der Waals surface area contributed by atoms with Crippen molar-refractivity contribution in [3.8, 4) is 22.9 Å². The van der Waals surface area contributed by atoms with E-state index >= 15 is 0 Å². The number of hydrogen-bond donors (Lipinski definition) is 1. The van der Waals surface area contributed by atoms with Gasteiger partial charge in [0, 0.05) is 29.5 Å². The van der Waals surface area contributed by atoms with Crippen LogP contribution in [0.5, 0.6) is 17.2 Å². The molecule has 208 valence electrons. The van der Waals surface area contributed by atoms with E-state index in [1.165, 1.54) is 5.39 Å². The third-order valence-electron chi connectivity index (χ3n) is 6.85. The Hall–Kier alpha value is -5.56. The molecule has 0 aliphatic rings. The van der Waals surface area contributed by atoms with Gasteiger partial charge in [0.2, 0.25) is 0 Å². The van der Waals surface area contributed by atoms with Gasteiger partial charge in [-0.1, -0.05) is 24.3 Å². The van der Waals surface area contributed by atoms with Crippen LogP contribution in [0.1, 0.15) is 28.2 Å². The summed E-state index contributed by atoms with van der Waals surface area (Å²) in [5.41, 5.74) is 6.65. The van der Waals surface area contributed by atoms with Gasteiger partial charge in [0.15, 0.2) is 0 Å². The van der Waals surface area contributed by atoms with E-state index in [-0.39, 0.29) is 0 Å². The molecule has 0 saturated heterocycles. The van der Waals surface area contributed by atoms with Gasteiger partial charge < -0.3 is 19.2 Å². The minimum atomic E-state index is 0.384. The highest BCUT2D eigenvalue weighted by atomic mass is 16.5. The van der Waals surface area contributed by atoms with Crippen molar-refractivity contribution < 1.29 is 14.2 Å². The number of nitrogens with one attached hydrogen (secondary N) is 1. The predicted octanol–water partition coefficient (Wildman–Crippen LogP) is 7.69. The number of ether oxygens (including phenoxy) is 3. The Bertz CT molecular complexity index is 1850. The van der Waals surface area contributed by atoms with Gasteiger partial charge in [-0.15, -0.1) is 0 Å². The highest BCUT2D eigenvalue weighted by Gasteiger charge is 2.09. The number of pyridine rings is 1. The molecule has 1 N–H and O–H groups in total. The largest absolute Gasteiger partial charge is 0.497 e. The summed E-state index contributed by atoms with van der Waals surface area (Å²) >= 11 is 0. The summed E-state index contributed by atoms with van der Waals surface area (Å²) in [5, 5.41) is 6.08. The first kappa shape index (κ1) is 26.7. The number of nitrogens with zero attached hydrogens (tertiary/aromatic N) is 3. The molecule has 0 aliphatic heterocycles. The molecular weight excluding hydrogens is 524 g/mol. The van der Waals surface area contributed by atoms with Crippen molar-refractivity contribution in [3.63, 3.8) is 0 Å². The molecule has 0 radical (unpaired) electrons. The van der Waals surface area contributed by atoms with Gasteiger partial charge in [-0.25, -0.2) is 4.68 Å². The first-order valence-electron chi connectivity index (χ1n) is 13.6. The molecule has 42 heavy (non-hydrogen) atoms. The lowest BCUT2D eigenvalue weighted by molar-refractivity contribution is 0.299. The normalized spacial score (nSPS) is 11.5. The summed E-state index contributed by atoms with van der Waals surface area (Å²) < 4.78 is 18.9. The first-order valence-corrected chi connectivity index (χ1v) is 13.6. The number of fused-ring (bicyclic) bond motifs is 1. The third kappa shape index (κ3) is 6.10. The Morgan fingerprint density at radius 1 is 0.786 bits per heavy atom. The van der Waals surface area contributed by atoms with Gasteiger partial charge in [-0.2, -0.15) is 5.10 Å². The van der Waals surface area contributed by atoms with Crippen LogP contribution in [0.4, 0.5) is 0 Å². The van der Waals surface area contributed by atoms with Crippen molar-refractivity contribution in [3.05, 3.63) is 132 Å². The average Bonchev–Trinajstić information content (AvgIpc) is 3.69. The average molecular weight is 555 g/mol. The fraction of sp³-hybridized carbons (Fsp3) is 0.0857. The van der Waals surface area contributed by atoms with E-state index in [1.807, 2.05) is 89.8 Å². The number of H-pyrrole nitrogens is 1. The van der Waals surface area contributed by atoms with Crippen molar-refractivity contribution in [2.45, 2.75) is 6.61 Å². The smallest absolute Gasteiger partial charge is 0.130 e. The lowest BCUT2D eigenvalue weighted by atomic mass is 10.1. The maximum absolute atomic E-state index is 5.93. The van der Waals surface area contributed by atoms with Gasteiger partial charge >= 0.3 is 0 Å². The molecule has 3 heterocycles. The standard InChI is InChI=1S/C35H30N4O3/c1-40-32-16-13-30(14-17-32)39-31(22-28(38-39)11-7-25-6-8-26-18-20-37-34(26)21-25)12-9-27-10-15-33(23-35(27)41-2)42-24-29-5-3-4-19-36-29/h3-23,37H,24H2,1-2H3.